The van der Waals surface area contributed by atoms with Crippen LogP contribution in [0.25, 0.3) is 0 Å². The molecule has 0 saturated carbocycles. The Kier molecular flexibility index (Phi) is 6.81. The van der Waals surface area contributed by atoms with Crippen LogP contribution in [0.5, 0.6) is 5.75 Å². The Bertz CT molecular complexity index is 496. The van der Waals surface area contributed by atoms with Crippen molar-refractivity contribution in [2.45, 2.75) is 31.8 Å². The maximum Gasteiger partial charge on any atom is 0.165 e. The number of likely N-dealkylation sites (tertiary alicyclic amines) is 1. The highest BCUT2D eigenvalue weighted by Crippen LogP contribution is 2.27. The average Bonchev–Trinajstić information content (AvgIpc) is 2.54. The molecule has 0 radical (unpaired) electrons. The van der Waals surface area contributed by atoms with Gasteiger partial charge in [-0.15, -0.1) is 0 Å². The molecule has 1 aromatic carbocycles. The topological polar surface area (TPSA) is 35.9 Å². The molecule has 0 amide bonds. The number of rotatable bonds is 7. The molecule has 130 valence electrons. The maximum atomic E-state index is 13.5. The van der Waals surface area contributed by atoms with E-state index in [0.29, 0.717) is 17.7 Å². The Morgan fingerprint density at radius 1 is 1.39 bits per heavy atom. The summed E-state index contributed by atoms with van der Waals surface area (Å²) in [4.78, 5) is 4.73. The van der Waals surface area contributed by atoms with Gasteiger partial charge in [0.15, 0.2) is 11.6 Å². The van der Waals surface area contributed by atoms with Gasteiger partial charge in [0.25, 0.3) is 0 Å². The summed E-state index contributed by atoms with van der Waals surface area (Å²) >= 11 is 0. The molecule has 1 aliphatic rings. The molecule has 1 heterocycles. The molecule has 0 spiro atoms. The minimum atomic E-state index is -0.316. The highest BCUT2D eigenvalue weighted by molar-refractivity contribution is 5.30. The zero-order valence-electron chi connectivity index (χ0n) is 14.5. The smallest absolute Gasteiger partial charge is 0.165 e. The van der Waals surface area contributed by atoms with Gasteiger partial charge in [-0.1, -0.05) is 6.07 Å². The Hall–Kier alpha value is -1.17. The highest BCUT2D eigenvalue weighted by atomic mass is 19.1. The third kappa shape index (κ3) is 4.90. The van der Waals surface area contributed by atoms with Gasteiger partial charge in [-0.3, -0.25) is 4.90 Å². The van der Waals surface area contributed by atoms with Gasteiger partial charge in [0, 0.05) is 25.7 Å². The van der Waals surface area contributed by atoms with Crippen molar-refractivity contribution in [3.05, 3.63) is 29.6 Å². The number of piperidine rings is 1. The summed E-state index contributed by atoms with van der Waals surface area (Å²) in [6, 6.07) is 5.67. The summed E-state index contributed by atoms with van der Waals surface area (Å²) in [5, 5.41) is 9.13. The first-order chi connectivity index (χ1) is 11.0. The second-order valence-corrected chi connectivity index (χ2v) is 6.65. The Morgan fingerprint density at radius 3 is 2.83 bits per heavy atom. The average molecular weight is 324 g/mol. The van der Waals surface area contributed by atoms with Crippen LogP contribution < -0.4 is 4.74 Å². The van der Waals surface area contributed by atoms with E-state index in [9.17, 15) is 4.39 Å². The lowest BCUT2D eigenvalue weighted by Crippen LogP contribution is -2.48. The van der Waals surface area contributed by atoms with Gasteiger partial charge in [-0.05, 0) is 63.5 Å². The molecule has 4 nitrogen and oxygen atoms in total. The largest absolute Gasteiger partial charge is 0.494 e. The number of hydrogen-bond acceptors (Lipinski definition) is 4. The van der Waals surface area contributed by atoms with Gasteiger partial charge in [0.1, 0.15) is 0 Å². The molecular formula is C18H29FN2O2. The molecule has 0 unspecified atom stereocenters. The standard InChI is InChI=1S/C18H29FN2O2/c1-20(2)17-8-9-21(13-15(17)5-4-10-22)12-14-6-7-16(19)18(11-14)23-3/h6-7,11,15,17,22H,4-5,8-10,12-13H2,1-3H3/t15-,17+/m0/s1. The van der Waals surface area contributed by atoms with Crippen LogP contribution in [0.3, 0.4) is 0 Å². The SMILES string of the molecule is COc1cc(CN2CC[C@@H](N(C)C)[C@@H](CCCO)C2)ccc1F. The molecular weight excluding hydrogens is 295 g/mol. The number of nitrogens with zero attached hydrogens (tertiary/aromatic N) is 2. The summed E-state index contributed by atoms with van der Waals surface area (Å²) < 4.78 is 18.6. The van der Waals surface area contributed by atoms with Gasteiger partial charge >= 0.3 is 0 Å². The molecule has 1 N–H and O–H groups in total. The van der Waals surface area contributed by atoms with Crippen molar-refractivity contribution in [3.8, 4) is 5.75 Å². The molecule has 1 aliphatic heterocycles. The fourth-order valence-electron chi connectivity index (χ4n) is 3.62. The van der Waals surface area contributed by atoms with Crippen LogP contribution in [0.15, 0.2) is 18.2 Å². The number of benzene rings is 1. The minimum Gasteiger partial charge on any atom is -0.494 e. The summed E-state index contributed by atoms with van der Waals surface area (Å²) in [7, 11) is 5.77. The number of aliphatic hydroxyl groups excluding tert-OH is 1. The second-order valence-electron chi connectivity index (χ2n) is 6.65. The van der Waals surface area contributed by atoms with Gasteiger partial charge in [0.2, 0.25) is 0 Å². The van der Waals surface area contributed by atoms with Crippen LogP contribution in [0.1, 0.15) is 24.8 Å². The summed E-state index contributed by atoms with van der Waals surface area (Å²) in [5.74, 6) is 0.555. The van der Waals surface area contributed by atoms with Crippen molar-refractivity contribution >= 4 is 0 Å². The third-order valence-corrected chi connectivity index (χ3v) is 4.80. The lowest BCUT2D eigenvalue weighted by molar-refractivity contribution is 0.0716. The summed E-state index contributed by atoms with van der Waals surface area (Å²) in [6.07, 6.45) is 3.03. The molecule has 23 heavy (non-hydrogen) atoms. The Labute approximate surface area is 138 Å². The molecule has 0 bridgehead atoms. The number of halogens is 1. The lowest BCUT2D eigenvalue weighted by Gasteiger charge is -2.41. The first kappa shape index (κ1) is 18.2. The predicted molar refractivity (Wildman–Crippen MR) is 90.1 cm³/mol. The van der Waals surface area contributed by atoms with Crippen molar-refractivity contribution < 1.29 is 14.2 Å². The van der Waals surface area contributed by atoms with E-state index < -0.39 is 0 Å². The zero-order valence-corrected chi connectivity index (χ0v) is 14.5. The van der Waals surface area contributed by atoms with Gasteiger partial charge < -0.3 is 14.7 Å². The van der Waals surface area contributed by atoms with E-state index >= 15 is 0 Å². The number of hydrogen-bond donors (Lipinski definition) is 1. The fourth-order valence-corrected chi connectivity index (χ4v) is 3.62. The minimum absolute atomic E-state index is 0.256. The molecule has 2 rings (SSSR count). The van der Waals surface area contributed by atoms with E-state index in [2.05, 4.69) is 23.9 Å². The van der Waals surface area contributed by atoms with E-state index in [1.165, 1.54) is 13.2 Å². The van der Waals surface area contributed by atoms with E-state index in [1.807, 2.05) is 6.07 Å². The van der Waals surface area contributed by atoms with Crippen LogP contribution in [-0.4, -0.2) is 61.8 Å². The van der Waals surface area contributed by atoms with Crippen LogP contribution in [0.2, 0.25) is 0 Å². The maximum absolute atomic E-state index is 13.5. The van der Waals surface area contributed by atoms with Crippen molar-refractivity contribution in [1.82, 2.24) is 9.80 Å². The first-order valence-electron chi connectivity index (χ1n) is 8.37. The van der Waals surface area contributed by atoms with E-state index in [1.54, 1.807) is 6.07 Å². The van der Waals surface area contributed by atoms with Gasteiger partial charge in [-0.2, -0.15) is 0 Å². The highest BCUT2D eigenvalue weighted by Gasteiger charge is 2.30. The summed E-state index contributed by atoms with van der Waals surface area (Å²) in [5.41, 5.74) is 1.08. The van der Waals surface area contributed by atoms with Crippen LogP contribution in [0, 0.1) is 11.7 Å². The monoisotopic (exact) mass is 324 g/mol. The first-order valence-corrected chi connectivity index (χ1v) is 8.37. The van der Waals surface area contributed by atoms with Crippen molar-refractivity contribution in [2.75, 3.05) is 40.9 Å². The molecule has 0 aliphatic carbocycles. The van der Waals surface area contributed by atoms with Crippen LogP contribution in [-0.2, 0) is 6.54 Å². The van der Waals surface area contributed by atoms with Gasteiger partial charge in [0.05, 0.1) is 7.11 Å². The predicted octanol–water partition coefficient (Wildman–Crippen LogP) is 2.36. The van der Waals surface area contributed by atoms with Gasteiger partial charge in [-0.25, -0.2) is 4.39 Å². The van der Waals surface area contributed by atoms with Crippen LogP contribution in [0.4, 0.5) is 4.39 Å². The number of aliphatic hydroxyl groups is 1. The molecule has 2 atom stereocenters. The molecule has 5 heteroatoms. The van der Waals surface area contributed by atoms with E-state index in [4.69, 9.17) is 9.84 Å². The number of ether oxygens (including phenoxy) is 1. The fraction of sp³-hybridized carbons (Fsp3) is 0.667. The lowest BCUT2D eigenvalue weighted by atomic mass is 9.87. The molecule has 0 aromatic heterocycles. The van der Waals surface area contributed by atoms with E-state index in [-0.39, 0.29) is 12.4 Å². The summed E-state index contributed by atoms with van der Waals surface area (Å²) in [6.45, 7) is 3.12. The van der Waals surface area contributed by atoms with Crippen LogP contribution >= 0.6 is 0 Å². The molecule has 1 saturated heterocycles. The van der Waals surface area contributed by atoms with Crippen molar-refractivity contribution in [3.63, 3.8) is 0 Å². The third-order valence-electron chi connectivity index (χ3n) is 4.80. The molecule has 1 aromatic rings. The van der Waals surface area contributed by atoms with Crippen molar-refractivity contribution in [1.29, 1.82) is 0 Å². The van der Waals surface area contributed by atoms with Crippen molar-refractivity contribution in [2.24, 2.45) is 5.92 Å². The normalized spacial score (nSPS) is 22.5. The Morgan fingerprint density at radius 2 is 2.17 bits per heavy atom. The quantitative estimate of drug-likeness (QED) is 0.835. The zero-order chi connectivity index (χ0) is 16.8. The number of methoxy groups -OCH3 is 1. The van der Waals surface area contributed by atoms with E-state index in [0.717, 1.165) is 44.5 Å². The molecule has 1 fully saturated rings. The second kappa shape index (κ2) is 8.62. The Balaban J connectivity index is 2.00.